The van der Waals surface area contributed by atoms with Crippen LogP contribution in [0.4, 0.5) is 5.69 Å². The van der Waals surface area contributed by atoms with E-state index in [2.05, 4.69) is 5.92 Å². The van der Waals surface area contributed by atoms with Gasteiger partial charge < -0.3 is 14.6 Å². The number of imide groups is 1. The molecule has 0 spiro atoms. The first-order valence-electron chi connectivity index (χ1n) is 9.42. The SMILES string of the molecule is C#CCOc1cc(N2C(=O)c3ccc(C(=O)OCC(O)CC)cc3C2=O)ccc1C. The summed E-state index contributed by atoms with van der Waals surface area (Å²) in [7, 11) is 0. The van der Waals surface area contributed by atoms with E-state index in [1.54, 1.807) is 25.1 Å². The number of terminal acetylenes is 1. The summed E-state index contributed by atoms with van der Waals surface area (Å²) in [5.74, 6) is 1.12. The molecule has 2 amide bonds. The highest BCUT2D eigenvalue weighted by Gasteiger charge is 2.37. The average molecular weight is 407 g/mol. The van der Waals surface area contributed by atoms with Crippen molar-refractivity contribution in [2.45, 2.75) is 26.4 Å². The molecule has 1 aliphatic rings. The van der Waals surface area contributed by atoms with Crippen LogP contribution in [-0.4, -0.2) is 42.2 Å². The Hall–Kier alpha value is -3.63. The first-order chi connectivity index (χ1) is 14.4. The lowest BCUT2D eigenvalue weighted by Gasteiger charge is -2.16. The molecule has 0 radical (unpaired) electrons. The molecule has 0 saturated carbocycles. The van der Waals surface area contributed by atoms with E-state index in [0.29, 0.717) is 17.9 Å². The van der Waals surface area contributed by atoms with Crippen molar-refractivity contribution in [2.24, 2.45) is 0 Å². The summed E-state index contributed by atoms with van der Waals surface area (Å²) >= 11 is 0. The van der Waals surface area contributed by atoms with Crippen molar-refractivity contribution in [2.75, 3.05) is 18.1 Å². The van der Waals surface area contributed by atoms with Gasteiger partial charge in [0.05, 0.1) is 28.5 Å². The number of carbonyl (C=O) groups is 3. The van der Waals surface area contributed by atoms with E-state index in [-0.39, 0.29) is 29.9 Å². The summed E-state index contributed by atoms with van der Waals surface area (Å²) in [6, 6.07) is 9.13. The zero-order valence-corrected chi connectivity index (χ0v) is 16.7. The highest BCUT2D eigenvalue weighted by Crippen LogP contribution is 2.32. The molecule has 154 valence electrons. The van der Waals surface area contributed by atoms with Crippen LogP contribution in [0.2, 0.25) is 0 Å². The van der Waals surface area contributed by atoms with Gasteiger partial charge in [0.25, 0.3) is 11.8 Å². The number of carbonyl (C=O) groups excluding carboxylic acids is 3. The van der Waals surface area contributed by atoms with Crippen LogP contribution in [0.15, 0.2) is 36.4 Å². The Kier molecular flexibility index (Phi) is 6.19. The Morgan fingerprint density at radius 3 is 2.60 bits per heavy atom. The second kappa shape index (κ2) is 8.80. The minimum absolute atomic E-state index is 0.0601. The van der Waals surface area contributed by atoms with Crippen molar-refractivity contribution in [3.05, 3.63) is 58.7 Å². The van der Waals surface area contributed by atoms with E-state index in [4.69, 9.17) is 15.9 Å². The lowest BCUT2D eigenvalue weighted by atomic mass is 10.1. The van der Waals surface area contributed by atoms with Crippen LogP contribution in [0.1, 0.15) is 50.0 Å². The lowest BCUT2D eigenvalue weighted by molar-refractivity contribution is 0.0250. The van der Waals surface area contributed by atoms with E-state index in [1.807, 2.05) is 6.92 Å². The van der Waals surface area contributed by atoms with Crippen molar-refractivity contribution in [3.63, 3.8) is 0 Å². The topological polar surface area (TPSA) is 93.1 Å². The molecule has 1 heterocycles. The molecule has 0 saturated heterocycles. The molecule has 0 bridgehead atoms. The second-order valence-electron chi connectivity index (χ2n) is 6.81. The second-order valence-corrected chi connectivity index (χ2v) is 6.81. The number of hydrogen-bond donors (Lipinski definition) is 1. The molecular formula is C23H21NO6. The maximum Gasteiger partial charge on any atom is 0.338 e. The lowest BCUT2D eigenvalue weighted by Crippen LogP contribution is -2.29. The van der Waals surface area contributed by atoms with Gasteiger partial charge in [-0.15, -0.1) is 6.42 Å². The number of hydrogen-bond acceptors (Lipinski definition) is 6. The van der Waals surface area contributed by atoms with Gasteiger partial charge in [0.1, 0.15) is 19.0 Å². The molecule has 1 atom stereocenters. The van der Waals surface area contributed by atoms with Crippen LogP contribution >= 0.6 is 0 Å². The fraction of sp³-hybridized carbons (Fsp3) is 0.261. The van der Waals surface area contributed by atoms with Crippen molar-refractivity contribution in [1.82, 2.24) is 0 Å². The third kappa shape index (κ3) is 4.04. The van der Waals surface area contributed by atoms with Gasteiger partial charge in [0.2, 0.25) is 0 Å². The molecule has 2 aromatic rings. The minimum Gasteiger partial charge on any atom is -0.481 e. The Labute approximate surface area is 174 Å². The number of fused-ring (bicyclic) bond motifs is 1. The number of esters is 1. The van der Waals surface area contributed by atoms with E-state index in [0.717, 1.165) is 10.5 Å². The average Bonchev–Trinajstić information content (AvgIpc) is 3.01. The number of rotatable bonds is 7. The van der Waals surface area contributed by atoms with Crippen molar-refractivity contribution in [1.29, 1.82) is 0 Å². The van der Waals surface area contributed by atoms with E-state index < -0.39 is 23.9 Å². The smallest absolute Gasteiger partial charge is 0.338 e. The normalized spacial score (nSPS) is 13.6. The molecular weight excluding hydrogens is 386 g/mol. The van der Waals surface area contributed by atoms with Gasteiger partial charge in [0.15, 0.2) is 0 Å². The molecule has 1 N–H and O–H groups in total. The van der Waals surface area contributed by atoms with Gasteiger partial charge in [-0.1, -0.05) is 18.9 Å². The van der Waals surface area contributed by atoms with Gasteiger partial charge in [-0.3, -0.25) is 9.59 Å². The van der Waals surface area contributed by atoms with Crippen LogP contribution in [-0.2, 0) is 4.74 Å². The fourth-order valence-corrected chi connectivity index (χ4v) is 2.98. The maximum absolute atomic E-state index is 12.9. The third-order valence-electron chi connectivity index (χ3n) is 4.74. The van der Waals surface area contributed by atoms with E-state index in [9.17, 15) is 19.5 Å². The summed E-state index contributed by atoms with van der Waals surface area (Å²) in [6.45, 7) is 3.51. The van der Waals surface area contributed by atoms with Gasteiger partial charge >= 0.3 is 5.97 Å². The number of amides is 2. The zero-order chi connectivity index (χ0) is 21.8. The van der Waals surface area contributed by atoms with Crippen LogP contribution in [0.5, 0.6) is 5.75 Å². The molecule has 3 rings (SSSR count). The first-order valence-corrected chi connectivity index (χ1v) is 9.42. The van der Waals surface area contributed by atoms with E-state index in [1.165, 1.54) is 18.2 Å². The number of aliphatic hydroxyl groups is 1. The number of ether oxygens (including phenoxy) is 2. The number of benzene rings is 2. The van der Waals surface area contributed by atoms with Crippen LogP contribution in [0.25, 0.3) is 0 Å². The van der Waals surface area contributed by atoms with Gasteiger partial charge in [0, 0.05) is 6.07 Å². The highest BCUT2D eigenvalue weighted by atomic mass is 16.5. The van der Waals surface area contributed by atoms with Gasteiger partial charge in [-0.05, 0) is 43.2 Å². The minimum atomic E-state index is -0.755. The third-order valence-corrected chi connectivity index (χ3v) is 4.74. The number of nitrogens with zero attached hydrogens (tertiary/aromatic N) is 1. The Morgan fingerprint density at radius 1 is 1.17 bits per heavy atom. The fourth-order valence-electron chi connectivity index (χ4n) is 2.98. The predicted molar refractivity (Wildman–Crippen MR) is 110 cm³/mol. The standard InChI is InChI=1S/C23H21NO6/c1-4-10-29-20-12-16(8-6-14(20)3)24-21(26)18-9-7-15(11-19(18)22(24)27)23(28)30-13-17(25)5-2/h1,6-9,11-12,17,25H,5,10,13H2,2-3H3. The summed E-state index contributed by atoms with van der Waals surface area (Å²) in [6.07, 6.45) is 4.92. The molecule has 0 aromatic heterocycles. The summed E-state index contributed by atoms with van der Waals surface area (Å²) in [5, 5.41) is 9.54. The first kappa shape index (κ1) is 21.1. The Balaban J connectivity index is 1.87. The highest BCUT2D eigenvalue weighted by molar-refractivity contribution is 6.34. The van der Waals surface area contributed by atoms with Crippen molar-refractivity contribution in [3.8, 4) is 18.1 Å². The predicted octanol–water partition coefficient (Wildman–Crippen LogP) is 2.74. The van der Waals surface area contributed by atoms with Crippen molar-refractivity contribution < 1.29 is 29.0 Å². The molecule has 1 aliphatic heterocycles. The number of anilines is 1. The van der Waals surface area contributed by atoms with E-state index >= 15 is 0 Å². The van der Waals surface area contributed by atoms with Gasteiger partial charge in [-0.2, -0.15) is 0 Å². The summed E-state index contributed by atoms with van der Waals surface area (Å²) in [4.78, 5) is 39.0. The molecule has 0 fully saturated rings. The molecule has 7 heteroatoms. The van der Waals surface area contributed by atoms with Crippen LogP contribution in [0.3, 0.4) is 0 Å². The van der Waals surface area contributed by atoms with Crippen molar-refractivity contribution >= 4 is 23.5 Å². The number of aliphatic hydroxyl groups excluding tert-OH is 1. The zero-order valence-electron chi connectivity index (χ0n) is 16.7. The maximum atomic E-state index is 12.9. The van der Waals surface area contributed by atoms with Crippen LogP contribution < -0.4 is 9.64 Å². The molecule has 7 nitrogen and oxygen atoms in total. The monoisotopic (exact) mass is 407 g/mol. The summed E-state index contributed by atoms with van der Waals surface area (Å²) in [5.41, 5.74) is 1.58. The quantitative estimate of drug-likeness (QED) is 0.431. The molecule has 2 aromatic carbocycles. The Bertz CT molecular complexity index is 1050. The Morgan fingerprint density at radius 2 is 1.90 bits per heavy atom. The summed E-state index contributed by atoms with van der Waals surface area (Å²) < 4.78 is 10.5. The van der Waals surface area contributed by atoms with Gasteiger partial charge in [-0.25, -0.2) is 9.69 Å². The van der Waals surface area contributed by atoms with Crippen LogP contribution in [0, 0.1) is 19.3 Å². The molecule has 0 aliphatic carbocycles. The largest absolute Gasteiger partial charge is 0.481 e. The molecule has 30 heavy (non-hydrogen) atoms. The molecule has 1 unspecified atom stereocenters. The number of aryl methyl sites for hydroxylation is 1.